The van der Waals surface area contributed by atoms with Crippen molar-refractivity contribution in [2.45, 2.75) is 6.92 Å². The quantitative estimate of drug-likeness (QED) is 0.208. The first kappa shape index (κ1) is 21.2. The molecule has 0 aliphatic carbocycles. The summed E-state index contributed by atoms with van der Waals surface area (Å²) in [6, 6.07) is 23.7. The number of non-ortho nitro benzene ring substituents is 1. The Morgan fingerprint density at radius 2 is 1.69 bits per heavy atom. The van der Waals surface area contributed by atoms with Crippen molar-refractivity contribution in [3.63, 3.8) is 0 Å². The third kappa shape index (κ3) is 4.98. The molecule has 0 fully saturated rings. The van der Waals surface area contributed by atoms with Gasteiger partial charge in [0.05, 0.1) is 16.8 Å². The van der Waals surface area contributed by atoms with E-state index in [2.05, 4.69) is 10.1 Å². The van der Waals surface area contributed by atoms with Crippen molar-refractivity contribution in [2.24, 2.45) is 10.1 Å². The molecule has 3 aromatic carbocycles. The fraction of sp³-hybridized carbons (Fsp3) is 0.0833. The van der Waals surface area contributed by atoms with Crippen molar-refractivity contribution in [1.82, 2.24) is 4.68 Å². The lowest BCUT2D eigenvalue weighted by Gasteiger charge is -2.06. The molecule has 4 aromatic rings. The molecule has 32 heavy (non-hydrogen) atoms. The van der Waals surface area contributed by atoms with Crippen molar-refractivity contribution in [3.05, 3.63) is 105 Å². The van der Waals surface area contributed by atoms with Gasteiger partial charge in [0.1, 0.15) is 11.5 Å². The van der Waals surface area contributed by atoms with Crippen LogP contribution in [0.5, 0.6) is 11.5 Å². The normalized spacial score (nSPS) is 11.7. The lowest BCUT2D eigenvalue weighted by molar-refractivity contribution is -0.384. The molecule has 0 atom stereocenters. The number of hydrogen-bond donors (Lipinski definition) is 0. The molecule has 8 heteroatoms. The Balaban J connectivity index is 1.59. The molecule has 7 nitrogen and oxygen atoms in total. The van der Waals surface area contributed by atoms with E-state index < -0.39 is 4.92 Å². The van der Waals surface area contributed by atoms with Crippen LogP contribution in [0.15, 0.2) is 94.3 Å². The lowest BCUT2D eigenvalue weighted by atomic mass is 10.1. The zero-order valence-corrected chi connectivity index (χ0v) is 18.1. The SMILES string of the molecule is CCN=c1scc(-c2ccc([N+](=O)[O-])cc2)n1N=Cc1ccc(Oc2ccccc2)cc1. The molecule has 0 saturated heterocycles. The van der Waals surface area contributed by atoms with Crippen LogP contribution in [-0.2, 0) is 0 Å². The predicted octanol–water partition coefficient (Wildman–Crippen LogP) is 5.72. The Hall–Kier alpha value is -4.04. The van der Waals surface area contributed by atoms with Crippen molar-refractivity contribution >= 4 is 23.2 Å². The van der Waals surface area contributed by atoms with Gasteiger partial charge in [-0.05, 0) is 61.0 Å². The summed E-state index contributed by atoms with van der Waals surface area (Å²) in [6.07, 6.45) is 1.75. The fourth-order valence-electron chi connectivity index (χ4n) is 2.98. The van der Waals surface area contributed by atoms with Gasteiger partial charge in [-0.15, -0.1) is 11.3 Å². The van der Waals surface area contributed by atoms with E-state index in [1.165, 1.54) is 23.5 Å². The van der Waals surface area contributed by atoms with Crippen LogP contribution in [0.1, 0.15) is 12.5 Å². The second-order valence-electron chi connectivity index (χ2n) is 6.72. The second kappa shape index (κ2) is 9.84. The van der Waals surface area contributed by atoms with E-state index in [-0.39, 0.29) is 5.69 Å². The van der Waals surface area contributed by atoms with Crippen LogP contribution in [0.2, 0.25) is 0 Å². The Morgan fingerprint density at radius 1 is 1.00 bits per heavy atom. The number of aromatic nitrogens is 1. The summed E-state index contributed by atoms with van der Waals surface area (Å²) in [4.78, 5) is 15.8. The number of nitro benzene ring substituents is 1. The van der Waals surface area contributed by atoms with Crippen LogP contribution in [0.25, 0.3) is 11.3 Å². The molecule has 0 radical (unpaired) electrons. The summed E-state index contributed by atoms with van der Waals surface area (Å²) < 4.78 is 7.58. The molecular formula is C24H20N4O3S. The molecule has 0 amide bonds. The maximum Gasteiger partial charge on any atom is 0.269 e. The van der Waals surface area contributed by atoms with Crippen molar-refractivity contribution in [1.29, 1.82) is 0 Å². The Kier molecular flexibility index (Phi) is 6.52. The van der Waals surface area contributed by atoms with Gasteiger partial charge >= 0.3 is 0 Å². The molecule has 0 aliphatic rings. The van der Waals surface area contributed by atoms with E-state index in [1.807, 2.05) is 66.9 Å². The maximum absolute atomic E-state index is 10.9. The Morgan fingerprint density at radius 3 is 2.34 bits per heavy atom. The minimum Gasteiger partial charge on any atom is -0.457 e. The van der Waals surface area contributed by atoms with Crippen LogP contribution in [0.4, 0.5) is 5.69 Å². The highest BCUT2D eigenvalue weighted by molar-refractivity contribution is 7.07. The van der Waals surface area contributed by atoms with Gasteiger partial charge in [-0.1, -0.05) is 18.2 Å². The number of nitro groups is 1. The van der Waals surface area contributed by atoms with Gasteiger partial charge in [-0.2, -0.15) is 5.10 Å². The van der Waals surface area contributed by atoms with Gasteiger partial charge in [0.15, 0.2) is 0 Å². The summed E-state index contributed by atoms with van der Waals surface area (Å²) in [5.74, 6) is 1.52. The van der Waals surface area contributed by atoms with Crippen LogP contribution in [0.3, 0.4) is 0 Å². The molecule has 1 heterocycles. The summed E-state index contributed by atoms with van der Waals surface area (Å²) in [7, 11) is 0. The standard InChI is InChI=1S/C24H20N4O3S/c1-2-25-24-27(23(17-32-24)19-10-12-20(13-11-19)28(29)30)26-16-18-8-14-22(15-9-18)31-21-6-4-3-5-7-21/h3-17H,2H2,1H3. The maximum atomic E-state index is 10.9. The molecule has 0 bridgehead atoms. The highest BCUT2D eigenvalue weighted by Gasteiger charge is 2.10. The summed E-state index contributed by atoms with van der Waals surface area (Å²) in [6.45, 7) is 2.59. The molecule has 0 unspecified atom stereocenters. The first-order valence-corrected chi connectivity index (χ1v) is 10.8. The predicted molar refractivity (Wildman–Crippen MR) is 126 cm³/mol. The third-order valence-electron chi connectivity index (χ3n) is 4.53. The topological polar surface area (TPSA) is 82.0 Å². The first-order chi connectivity index (χ1) is 15.6. The molecular weight excluding hydrogens is 424 g/mol. The Labute approximate surface area is 188 Å². The van der Waals surface area contributed by atoms with Crippen LogP contribution in [0, 0.1) is 10.1 Å². The van der Waals surface area contributed by atoms with Gasteiger partial charge in [0, 0.05) is 29.6 Å². The second-order valence-corrected chi connectivity index (χ2v) is 7.56. The first-order valence-electron chi connectivity index (χ1n) is 9.97. The molecule has 1 aromatic heterocycles. The van der Waals surface area contributed by atoms with E-state index in [9.17, 15) is 10.1 Å². The van der Waals surface area contributed by atoms with Gasteiger partial charge < -0.3 is 4.74 Å². The Bertz CT molecular complexity index is 1290. The average Bonchev–Trinajstić information content (AvgIpc) is 3.22. The van der Waals surface area contributed by atoms with Gasteiger partial charge in [0.25, 0.3) is 5.69 Å². The lowest BCUT2D eigenvalue weighted by Crippen LogP contribution is -2.12. The van der Waals surface area contributed by atoms with E-state index in [1.54, 1.807) is 23.0 Å². The van der Waals surface area contributed by atoms with Crippen LogP contribution in [-0.4, -0.2) is 22.4 Å². The van der Waals surface area contributed by atoms with E-state index >= 15 is 0 Å². The minimum absolute atomic E-state index is 0.0512. The zero-order chi connectivity index (χ0) is 22.3. The molecule has 4 rings (SSSR count). The average molecular weight is 445 g/mol. The smallest absolute Gasteiger partial charge is 0.269 e. The number of rotatable bonds is 7. The minimum atomic E-state index is -0.410. The molecule has 0 aliphatic heterocycles. The van der Waals surface area contributed by atoms with E-state index in [4.69, 9.17) is 4.74 Å². The summed E-state index contributed by atoms with van der Waals surface area (Å²) >= 11 is 1.47. The molecule has 0 spiro atoms. The van der Waals surface area contributed by atoms with Crippen molar-refractivity contribution < 1.29 is 9.66 Å². The largest absolute Gasteiger partial charge is 0.457 e. The van der Waals surface area contributed by atoms with Crippen LogP contribution >= 0.6 is 11.3 Å². The monoisotopic (exact) mass is 444 g/mol. The van der Waals surface area contributed by atoms with Crippen molar-refractivity contribution in [3.8, 4) is 22.8 Å². The molecule has 0 N–H and O–H groups in total. The number of benzene rings is 3. The van der Waals surface area contributed by atoms with Gasteiger partial charge in [-0.3, -0.25) is 15.1 Å². The number of para-hydroxylation sites is 1. The number of nitrogens with zero attached hydrogens (tertiary/aromatic N) is 4. The highest BCUT2D eigenvalue weighted by Crippen LogP contribution is 2.24. The summed E-state index contributed by atoms with van der Waals surface area (Å²) in [5.41, 5.74) is 2.60. The number of ether oxygens (including phenoxy) is 1. The highest BCUT2D eigenvalue weighted by atomic mass is 32.1. The molecule has 0 saturated carbocycles. The fourth-order valence-corrected chi connectivity index (χ4v) is 3.88. The molecule has 160 valence electrons. The van der Waals surface area contributed by atoms with Gasteiger partial charge in [0.2, 0.25) is 4.80 Å². The third-order valence-corrected chi connectivity index (χ3v) is 5.39. The van der Waals surface area contributed by atoms with Crippen LogP contribution < -0.4 is 9.54 Å². The zero-order valence-electron chi connectivity index (χ0n) is 17.3. The number of thiazole rings is 1. The van der Waals surface area contributed by atoms with E-state index in [0.29, 0.717) is 6.54 Å². The van der Waals surface area contributed by atoms with E-state index in [0.717, 1.165) is 33.1 Å². The van der Waals surface area contributed by atoms with Crippen molar-refractivity contribution in [2.75, 3.05) is 6.54 Å². The number of hydrogen-bond acceptors (Lipinski definition) is 6. The van der Waals surface area contributed by atoms with Gasteiger partial charge in [-0.25, -0.2) is 4.68 Å². The summed E-state index contributed by atoms with van der Waals surface area (Å²) in [5, 5.41) is 17.5.